The monoisotopic (exact) mass is 458 g/mol. The number of hydrogen-bond donors (Lipinski definition) is 2. The van der Waals surface area contributed by atoms with E-state index in [0.29, 0.717) is 22.6 Å². The van der Waals surface area contributed by atoms with Gasteiger partial charge in [-0.3, -0.25) is 24.6 Å². The van der Waals surface area contributed by atoms with Crippen molar-refractivity contribution in [1.82, 2.24) is 20.6 Å². The van der Waals surface area contributed by atoms with Gasteiger partial charge in [-0.15, -0.1) is 0 Å². The van der Waals surface area contributed by atoms with E-state index in [0.717, 1.165) is 16.8 Å². The van der Waals surface area contributed by atoms with Crippen molar-refractivity contribution < 1.29 is 13.8 Å². The van der Waals surface area contributed by atoms with Gasteiger partial charge in [0.25, 0.3) is 11.8 Å². The second kappa shape index (κ2) is 10.1. The van der Waals surface area contributed by atoms with E-state index in [1.165, 1.54) is 0 Å². The highest BCUT2D eigenvalue weighted by atomic mass is 32.2. The number of rotatable bonds is 6. The minimum atomic E-state index is -1.02. The first-order valence-electron chi connectivity index (χ1n) is 10.2. The predicted molar refractivity (Wildman–Crippen MR) is 128 cm³/mol. The van der Waals surface area contributed by atoms with E-state index in [1.807, 2.05) is 60.7 Å². The largest absolute Gasteiger partial charge is 0.273 e. The van der Waals surface area contributed by atoms with E-state index >= 15 is 0 Å². The van der Waals surface area contributed by atoms with Crippen LogP contribution in [0.4, 0.5) is 0 Å². The van der Waals surface area contributed by atoms with Crippen LogP contribution in [0.25, 0.3) is 16.9 Å². The van der Waals surface area contributed by atoms with E-state index < -0.39 is 22.6 Å². The second-order valence-electron chi connectivity index (χ2n) is 7.36. The third-order valence-electron chi connectivity index (χ3n) is 4.88. The minimum Gasteiger partial charge on any atom is -0.267 e. The maximum Gasteiger partial charge on any atom is 0.273 e. The molecule has 0 aliphatic rings. The van der Waals surface area contributed by atoms with Crippen LogP contribution >= 0.6 is 0 Å². The van der Waals surface area contributed by atoms with E-state index in [2.05, 4.69) is 16.0 Å². The molecule has 2 amide bonds. The number of carbonyl (C=O) groups excluding carboxylic acids is 2. The van der Waals surface area contributed by atoms with Gasteiger partial charge < -0.3 is 0 Å². The molecule has 0 radical (unpaired) electrons. The molecule has 0 bridgehead atoms. The molecular formula is C25H22N4O3S. The topological polar surface area (TPSA) is 93.1 Å². The fourth-order valence-electron chi connectivity index (χ4n) is 3.35. The van der Waals surface area contributed by atoms with Crippen molar-refractivity contribution in [2.45, 2.75) is 5.75 Å². The summed E-state index contributed by atoms with van der Waals surface area (Å²) in [4.78, 5) is 25.6. The van der Waals surface area contributed by atoms with Crippen molar-refractivity contribution in [3.05, 3.63) is 108 Å². The highest BCUT2D eigenvalue weighted by Gasteiger charge is 2.19. The van der Waals surface area contributed by atoms with Gasteiger partial charge in [0.1, 0.15) is 5.69 Å². The van der Waals surface area contributed by atoms with Gasteiger partial charge in [0.15, 0.2) is 0 Å². The van der Waals surface area contributed by atoms with Gasteiger partial charge in [-0.2, -0.15) is 5.10 Å². The summed E-state index contributed by atoms with van der Waals surface area (Å²) in [5.41, 5.74) is 8.49. The molecule has 1 atom stereocenters. The first kappa shape index (κ1) is 22.2. The third-order valence-corrected chi connectivity index (χ3v) is 5.62. The molecule has 0 saturated carbocycles. The molecule has 0 aliphatic heterocycles. The maximum atomic E-state index is 13.0. The van der Waals surface area contributed by atoms with Crippen LogP contribution in [0.3, 0.4) is 0 Å². The molecule has 0 aliphatic carbocycles. The number of benzene rings is 3. The molecule has 1 aromatic heterocycles. The summed E-state index contributed by atoms with van der Waals surface area (Å²) in [5, 5.41) is 4.61. The van der Waals surface area contributed by atoms with Gasteiger partial charge >= 0.3 is 0 Å². The van der Waals surface area contributed by atoms with Crippen LogP contribution in [0, 0.1) is 0 Å². The fourth-order valence-corrected chi connectivity index (χ4v) is 4.00. The fraction of sp³-hybridized carbons (Fsp3) is 0.0800. The molecule has 7 nitrogen and oxygen atoms in total. The van der Waals surface area contributed by atoms with E-state index in [1.54, 1.807) is 41.4 Å². The normalized spacial score (nSPS) is 11.5. The summed E-state index contributed by atoms with van der Waals surface area (Å²) < 4.78 is 13.1. The summed E-state index contributed by atoms with van der Waals surface area (Å²) in [6, 6.07) is 25.7. The average Bonchev–Trinajstić information content (AvgIpc) is 3.29. The van der Waals surface area contributed by atoms with E-state index in [-0.39, 0.29) is 0 Å². The Morgan fingerprint density at radius 2 is 1.55 bits per heavy atom. The van der Waals surface area contributed by atoms with Gasteiger partial charge in [0.05, 0.1) is 11.3 Å². The van der Waals surface area contributed by atoms with Crippen LogP contribution < -0.4 is 10.9 Å². The van der Waals surface area contributed by atoms with Crippen LogP contribution in [0.2, 0.25) is 0 Å². The number of hydrogen-bond acceptors (Lipinski definition) is 4. The average molecular weight is 459 g/mol. The molecule has 33 heavy (non-hydrogen) atoms. The zero-order valence-corrected chi connectivity index (χ0v) is 18.7. The van der Waals surface area contributed by atoms with Gasteiger partial charge in [-0.05, 0) is 29.8 Å². The van der Waals surface area contributed by atoms with Crippen molar-refractivity contribution in [2.75, 3.05) is 6.26 Å². The molecule has 4 rings (SSSR count). The van der Waals surface area contributed by atoms with E-state index in [9.17, 15) is 13.8 Å². The Balaban J connectivity index is 1.56. The van der Waals surface area contributed by atoms with Crippen molar-refractivity contribution in [3.8, 4) is 16.9 Å². The van der Waals surface area contributed by atoms with Crippen LogP contribution in [0.5, 0.6) is 0 Å². The molecule has 4 aromatic rings. The Kier molecular flexibility index (Phi) is 6.75. The van der Waals surface area contributed by atoms with Gasteiger partial charge in [-0.25, -0.2) is 4.68 Å². The number of amides is 2. The van der Waals surface area contributed by atoms with Gasteiger partial charge in [-0.1, -0.05) is 60.7 Å². The number of hydrazine groups is 1. The van der Waals surface area contributed by atoms with Crippen LogP contribution in [0.15, 0.2) is 91.1 Å². The lowest BCUT2D eigenvalue weighted by Gasteiger charge is -2.08. The Bertz CT molecular complexity index is 1300. The smallest absolute Gasteiger partial charge is 0.267 e. The van der Waals surface area contributed by atoms with E-state index in [4.69, 9.17) is 0 Å². The first-order valence-corrected chi connectivity index (χ1v) is 11.9. The van der Waals surface area contributed by atoms with Crippen LogP contribution in [-0.4, -0.2) is 32.1 Å². The van der Waals surface area contributed by atoms with Crippen molar-refractivity contribution >= 4 is 22.6 Å². The molecule has 0 saturated heterocycles. The van der Waals surface area contributed by atoms with Gasteiger partial charge in [0.2, 0.25) is 0 Å². The molecule has 0 spiro atoms. The van der Waals surface area contributed by atoms with Crippen LogP contribution in [-0.2, 0) is 16.6 Å². The van der Waals surface area contributed by atoms with Crippen molar-refractivity contribution in [3.63, 3.8) is 0 Å². The Hall–Kier alpha value is -4.04. The number of nitrogens with one attached hydrogen (secondary N) is 2. The molecule has 0 fully saturated rings. The number of para-hydroxylation sites is 1. The lowest BCUT2D eigenvalue weighted by molar-refractivity contribution is 0.0847. The molecule has 3 aromatic carbocycles. The van der Waals surface area contributed by atoms with Crippen molar-refractivity contribution in [2.24, 2.45) is 0 Å². The van der Waals surface area contributed by atoms with Crippen LogP contribution in [0.1, 0.15) is 26.3 Å². The molecule has 1 unspecified atom stereocenters. The Morgan fingerprint density at radius 3 is 2.24 bits per heavy atom. The standard InChI is InChI=1S/C25H22N4O3S/c1-33(32)17-18-9-8-12-20(15-18)24(30)26-27-25(31)22-16-29(21-13-6-3-7-14-21)28-23(22)19-10-4-2-5-11-19/h2-16H,17H2,1H3,(H,26,30)(H,27,31). The summed E-state index contributed by atoms with van der Waals surface area (Å²) >= 11 is 0. The molecule has 8 heteroatoms. The summed E-state index contributed by atoms with van der Waals surface area (Å²) in [6.45, 7) is 0. The summed E-state index contributed by atoms with van der Waals surface area (Å²) in [7, 11) is -1.02. The van der Waals surface area contributed by atoms with Crippen molar-refractivity contribution in [1.29, 1.82) is 0 Å². The highest BCUT2D eigenvalue weighted by molar-refractivity contribution is 7.83. The Morgan fingerprint density at radius 1 is 0.879 bits per heavy atom. The number of carbonyl (C=O) groups is 2. The summed E-state index contributed by atoms with van der Waals surface area (Å²) in [6.07, 6.45) is 3.24. The zero-order chi connectivity index (χ0) is 23.2. The molecular weight excluding hydrogens is 436 g/mol. The second-order valence-corrected chi connectivity index (χ2v) is 8.80. The molecule has 166 valence electrons. The lowest BCUT2D eigenvalue weighted by atomic mass is 10.1. The number of nitrogens with zero attached hydrogens (tertiary/aromatic N) is 2. The SMILES string of the molecule is CS(=O)Cc1cccc(C(=O)NNC(=O)c2cn(-c3ccccc3)nc2-c2ccccc2)c1. The summed E-state index contributed by atoms with van der Waals surface area (Å²) in [5.74, 6) is -0.606. The predicted octanol–water partition coefficient (Wildman–Crippen LogP) is 3.49. The minimum absolute atomic E-state index is 0.320. The quantitative estimate of drug-likeness (QED) is 0.433. The third kappa shape index (κ3) is 5.42. The zero-order valence-electron chi connectivity index (χ0n) is 17.9. The number of aromatic nitrogens is 2. The Labute approximate surface area is 193 Å². The highest BCUT2D eigenvalue weighted by Crippen LogP contribution is 2.23. The molecule has 1 heterocycles. The lowest BCUT2D eigenvalue weighted by Crippen LogP contribution is -2.41. The van der Waals surface area contributed by atoms with Gasteiger partial charge in [0, 0.05) is 40.1 Å². The molecule has 2 N–H and O–H groups in total. The first-order chi connectivity index (χ1) is 16.0. The maximum absolute atomic E-state index is 13.0.